The fourth-order valence-electron chi connectivity index (χ4n) is 1.50. The summed E-state index contributed by atoms with van der Waals surface area (Å²) in [6.07, 6.45) is 11.5. The van der Waals surface area contributed by atoms with E-state index in [2.05, 4.69) is 17.5 Å². The molecule has 1 nitrogen and oxygen atoms in total. The lowest BCUT2D eigenvalue weighted by Gasteiger charge is -2.17. The Hall–Kier alpha value is -0.300. The van der Waals surface area contributed by atoms with E-state index in [1.54, 1.807) is 0 Å². The molecule has 2 rings (SSSR count). The molecular weight excluding hydrogens is 122 g/mol. The average molecular weight is 137 g/mol. The largest absolute Gasteiger partial charge is 0.308 e. The normalized spacial score (nSPS) is 32.6. The lowest BCUT2D eigenvalue weighted by atomic mass is 10.0. The van der Waals surface area contributed by atoms with Crippen LogP contribution in [0.25, 0.3) is 0 Å². The van der Waals surface area contributed by atoms with Crippen LogP contribution in [0.15, 0.2) is 12.2 Å². The molecule has 0 amide bonds. The second-order valence-electron chi connectivity index (χ2n) is 3.41. The number of hydrogen-bond donors (Lipinski definition) is 1. The van der Waals surface area contributed by atoms with Crippen LogP contribution < -0.4 is 5.32 Å². The summed E-state index contributed by atoms with van der Waals surface area (Å²) in [6.45, 7) is 0. The van der Waals surface area contributed by atoms with Crippen molar-refractivity contribution in [3.63, 3.8) is 0 Å². The summed E-state index contributed by atoms with van der Waals surface area (Å²) in [5.41, 5.74) is 0. The summed E-state index contributed by atoms with van der Waals surface area (Å²) in [4.78, 5) is 0. The highest BCUT2D eigenvalue weighted by atomic mass is 15.0. The van der Waals surface area contributed by atoms with Gasteiger partial charge in [0.25, 0.3) is 0 Å². The average Bonchev–Trinajstić information content (AvgIpc) is 2.74. The van der Waals surface area contributed by atoms with Crippen LogP contribution in [0.1, 0.15) is 32.1 Å². The Morgan fingerprint density at radius 1 is 1.20 bits per heavy atom. The van der Waals surface area contributed by atoms with E-state index in [9.17, 15) is 0 Å². The molecule has 0 aromatic heterocycles. The first-order chi connectivity index (χ1) is 4.95. The monoisotopic (exact) mass is 137 g/mol. The summed E-state index contributed by atoms with van der Waals surface area (Å²) >= 11 is 0. The van der Waals surface area contributed by atoms with Crippen LogP contribution in [0.4, 0.5) is 0 Å². The molecule has 2 aliphatic carbocycles. The van der Waals surface area contributed by atoms with E-state index in [-0.39, 0.29) is 0 Å². The minimum absolute atomic E-state index is 0.709. The van der Waals surface area contributed by atoms with Crippen molar-refractivity contribution in [1.82, 2.24) is 5.32 Å². The van der Waals surface area contributed by atoms with Crippen LogP contribution in [-0.2, 0) is 0 Å². The van der Waals surface area contributed by atoms with Crippen molar-refractivity contribution in [1.29, 1.82) is 0 Å². The maximum Gasteiger partial charge on any atom is 0.0252 e. The van der Waals surface area contributed by atoms with Gasteiger partial charge in [0.05, 0.1) is 0 Å². The van der Waals surface area contributed by atoms with Crippen LogP contribution in [-0.4, -0.2) is 12.1 Å². The molecule has 0 bridgehead atoms. The third kappa shape index (κ3) is 1.60. The Bertz CT molecular complexity index is 136. The van der Waals surface area contributed by atoms with E-state index in [0.29, 0.717) is 6.04 Å². The van der Waals surface area contributed by atoms with Gasteiger partial charge in [0.2, 0.25) is 0 Å². The van der Waals surface area contributed by atoms with Gasteiger partial charge in [-0.15, -0.1) is 0 Å². The van der Waals surface area contributed by atoms with Crippen LogP contribution in [0.2, 0.25) is 0 Å². The van der Waals surface area contributed by atoms with E-state index in [1.165, 1.54) is 32.1 Å². The third-order valence-electron chi connectivity index (χ3n) is 2.28. The van der Waals surface area contributed by atoms with Crippen LogP contribution >= 0.6 is 0 Å². The second-order valence-corrected chi connectivity index (χ2v) is 3.41. The maximum absolute atomic E-state index is 3.61. The van der Waals surface area contributed by atoms with Gasteiger partial charge in [-0.3, -0.25) is 0 Å². The highest BCUT2D eigenvalue weighted by molar-refractivity contribution is 5.00. The zero-order valence-corrected chi connectivity index (χ0v) is 6.34. The minimum atomic E-state index is 0.709. The topological polar surface area (TPSA) is 12.0 Å². The summed E-state index contributed by atoms with van der Waals surface area (Å²) in [6, 6.07) is 1.58. The smallest absolute Gasteiger partial charge is 0.0252 e. The molecule has 1 atom stereocenters. The molecule has 1 fully saturated rings. The van der Waals surface area contributed by atoms with E-state index < -0.39 is 0 Å². The fraction of sp³-hybridized carbons (Fsp3) is 0.778. The van der Waals surface area contributed by atoms with Crippen LogP contribution in [0.3, 0.4) is 0 Å². The van der Waals surface area contributed by atoms with E-state index in [4.69, 9.17) is 0 Å². The number of allylic oxidation sites excluding steroid dienone is 1. The molecule has 0 saturated heterocycles. The van der Waals surface area contributed by atoms with Crippen LogP contribution in [0.5, 0.6) is 0 Å². The summed E-state index contributed by atoms with van der Waals surface area (Å²) < 4.78 is 0. The molecule has 1 unspecified atom stereocenters. The van der Waals surface area contributed by atoms with E-state index in [0.717, 1.165) is 6.04 Å². The van der Waals surface area contributed by atoms with Crippen molar-refractivity contribution in [2.45, 2.75) is 44.2 Å². The number of hydrogen-bond acceptors (Lipinski definition) is 1. The zero-order valence-electron chi connectivity index (χ0n) is 6.34. The Balaban J connectivity index is 1.78. The van der Waals surface area contributed by atoms with Crippen molar-refractivity contribution < 1.29 is 0 Å². The van der Waals surface area contributed by atoms with Gasteiger partial charge in [-0.25, -0.2) is 0 Å². The third-order valence-corrected chi connectivity index (χ3v) is 2.28. The van der Waals surface area contributed by atoms with Gasteiger partial charge < -0.3 is 5.32 Å². The van der Waals surface area contributed by atoms with Crippen molar-refractivity contribution in [2.24, 2.45) is 0 Å². The highest BCUT2D eigenvalue weighted by Gasteiger charge is 2.23. The summed E-state index contributed by atoms with van der Waals surface area (Å²) in [7, 11) is 0. The molecule has 1 saturated carbocycles. The van der Waals surface area contributed by atoms with Crippen molar-refractivity contribution >= 4 is 0 Å². The maximum atomic E-state index is 3.61. The van der Waals surface area contributed by atoms with E-state index >= 15 is 0 Å². The summed E-state index contributed by atoms with van der Waals surface area (Å²) in [5, 5.41) is 3.61. The first kappa shape index (κ1) is 6.41. The van der Waals surface area contributed by atoms with E-state index in [1.807, 2.05) is 0 Å². The molecular formula is C9H15N. The van der Waals surface area contributed by atoms with Crippen LogP contribution in [0, 0.1) is 0 Å². The Labute approximate surface area is 62.5 Å². The lowest BCUT2D eigenvalue weighted by Crippen LogP contribution is -2.30. The molecule has 1 N–H and O–H groups in total. The van der Waals surface area contributed by atoms with Gasteiger partial charge in [-0.1, -0.05) is 12.2 Å². The van der Waals surface area contributed by atoms with Crippen molar-refractivity contribution in [2.75, 3.05) is 0 Å². The van der Waals surface area contributed by atoms with Gasteiger partial charge in [0.15, 0.2) is 0 Å². The van der Waals surface area contributed by atoms with Gasteiger partial charge in [0, 0.05) is 12.1 Å². The van der Waals surface area contributed by atoms with Gasteiger partial charge in [-0.2, -0.15) is 0 Å². The SMILES string of the molecule is C1=CC(NC2CC2)CCC1. The molecule has 0 aliphatic heterocycles. The molecule has 0 aromatic rings. The quantitative estimate of drug-likeness (QED) is 0.573. The molecule has 0 heterocycles. The first-order valence-corrected chi connectivity index (χ1v) is 4.38. The predicted molar refractivity (Wildman–Crippen MR) is 42.9 cm³/mol. The lowest BCUT2D eigenvalue weighted by molar-refractivity contribution is 0.520. The number of nitrogens with one attached hydrogen (secondary N) is 1. The molecule has 2 aliphatic rings. The Morgan fingerprint density at radius 3 is 2.70 bits per heavy atom. The van der Waals surface area contributed by atoms with Crippen molar-refractivity contribution in [3.05, 3.63) is 12.2 Å². The van der Waals surface area contributed by atoms with Crippen molar-refractivity contribution in [3.8, 4) is 0 Å². The summed E-state index contributed by atoms with van der Waals surface area (Å²) in [5.74, 6) is 0. The van der Waals surface area contributed by atoms with Gasteiger partial charge in [0.1, 0.15) is 0 Å². The zero-order chi connectivity index (χ0) is 6.81. The molecule has 0 radical (unpaired) electrons. The molecule has 0 aromatic carbocycles. The Morgan fingerprint density at radius 2 is 2.10 bits per heavy atom. The molecule has 56 valence electrons. The predicted octanol–water partition coefficient (Wildman–Crippen LogP) is 1.85. The molecule has 0 spiro atoms. The molecule has 1 heteroatoms. The minimum Gasteiger partial charge on any atom is -0.308 e. The Kier molecular flexibility index (Phi) is 1.76. The standard InChI is InChI=1S/C9H15N/c1-2-4-8(5-3-1)10-9-6-7-9/h2,4,8-10H,1,3,5-7H2. The fourth-order valence-corrected chi connectivity index (χ4v) is 1.50. The van der Waals surface area contributed by atoms with Gasteiger partial charge in [-0.05, 0) is 32.1 Å². The second kappa shape index (κ2) is 2.75. The first-order valence-electron chi connectivity index (χ1n) is 4.38. The highest BCUT2D eigenvalue weighted by Crippen LogP contribution is 2.21. The van der Waals surface area contributed by atoms with Gasteiger partial charge >= 0.3 is 0 Å². The molecule has 10 heavy (non-hydrogen) atoms. The number of rotatable bonds is 2.